The minimum atomic E-state index is -0.0996. The Labute approximate surface area is 185 Å². The van der Waals surface area contributed by atoms with Gasteiger partial charge in [-0.1, -0.05) is 34.4 Å². The molecule has 0 saturated carbocycles. The van der Waals surface area contributed by atoms with E-state index in [4.69, 9.17) is 27.7 Å². The molecule has 1 saturated heterocycles. The zero-order valence-corrected chi connectivity index (χ0v) is 18.1. The van der Waals surface area contributed by atoms with Gasteiger partial charge in [0.1, 0.15) is 0 Å². The predicted octanol–water partition coefficient (Wildman–Crippen LogP) is 5.20. The number of likely N-dealkylation sites (tertiary alicyclic amines) is 1. The van der Waals surface area contributed by atoms with E-state index >= 15 is 0 Å². The van der Waals surface area contributed by atoms with Crippen molar-refractivity contribution in [2.45, 2.75) is 26.3 Å². The molecule has 1 aromatic heterocycles. The Bertz CT molecular complexity index is 1040. The second kappa shape index (κ2) is 9.16. The zero-order chi connectivity index (χ0) is 21.1. The zero-order valence-electron chi connectivity index (χ0n) is 16.6. The summed E-state index contributed by atoms with van der Waals surface area (Å²) in [6, 6.07) is 12.9. The van der Waals surface area contributed by atoms with Crippen molar-refractivity contribution in [3.63, 3.8) is 0 Å². The molecular weight excluding hydrogens is 423 g/mol. The number of benzene rings is 2. The number of piperidine rings is 1. The molecule has 8 heteroatoms. The number of hydrogen-bond donors (Lipinski definition) is 1. The van der Waals surface area contributed by atoms with Gasteiger partial charge in [-0.25, -0.2) is 0 Å². The fourth-order valence-electron chi connectivity index (χ4n) is 3.55. The summed E-state index contributed by atoms with van der Waals surface area (Å²) >= 11 is 12.1. The molecular formula is C22H22Cl2N4O2. The Kier molecular flexibility index (Phi) is 6.37. The van der Waals surface area contributed by atoms with Crippen molar-refractivity contribution in [2.75, 3.05) is 18.4 Å². The first-order valence-corrected chi connectivity index (χ1v) is 10.6. The molecule has 1 atom stereocenters. The van der Waals surface area contributed by atoms with E-state index in [-0.39, 0.29) is 11.8 Å². The highest BCUT2D eigenvalue weighted by Gasteiger charge is 2.27. The fraction of sp³-hybridized carbons (Fsp3) is 0.318. The van der Waals surface area contributed by atoms with Gasteiger partial charge in [-0.3, -0.25) is 9.69 Å². The Morgan fingerprint density at radius 3 is 2.80 bits per heavy atom. The van der Waals surface area contributed by atoms with Crippen molar-refractivity contribution < 1.29 is 9.32 Å². The number of aromatic nitrogens is 2. The average Bonchev–Trinajstić information content (AvgIpc) is 3.20. The number of hydrogen-bond acceptors (Lipinski definition) is 5. The number of carbonyl (C=O) groups is 1. The summed E-state index contributed by atoms with van der Waals surface area (Å²) < 4.78 is 5.42. The normalized spacial score (nSPS) is 17.1. The van der Waals surface area contributed by atoms with E-state index in [2.05, 4.69) is 20.4 Å². The molecule has 1 fully saturated rings. The summed E-state index contributed by atoms with van der Waals surface area (Å²) in [5.74, 6) is 0.972. The van der Waals surface area contributed by atoms with Crippen LogP contribution in [-0.4, -0.2) is 34.0 Å². The van der Waals surface area contributed by atoms with Crippen molar-refractivity contribution >= 4 is 34.8 Å². The maximum Gasteiger partial charge on any atom is 0.241 e. The number of nitrogens with zero attached hydrogens (tertiary/aromatic N) is 3. The standard InChI is InChI=1S/C22H22Cl2N4O2/c1-14-4-9-18(11-19(14)24)25-22(29)16-3-2-10-28(12-16)13-20-26-21(27-30-20)15-5-7-17(23)8-6-15/h4-9,11,16H,2-3,10,12-13H2,1H3,(H,25,29). The van der Waals surface area contributed by atoms with Gasteiger partial charge in [-0.2, -0.15) is 4.98 Å². The van der Waals surface area contributed by atoms with E-state index in [1.807, 2.05) is 31.2 Å². The first-order chi connectivity index (χ1) is 14.5. The van der Waals surface area contributed by atoms with Crippen LogP contribution in [0.25, 0.3) is 11.4 Å². The van der Waals surface area contributed by atoms with E-state index in [1.54, 1.807) is 18.2 Å². The predicted molar refractivity (Wildman–Crippen MR) is 118 cm³/mol. The maximum absolute atomic E-state index is 12.7. The molecule has 1 unspecified atom stereocenters. The Morgan fingerprint density at radius 2 is 2.03 bits per heavy atom. The number of amides is 1. The van der Waals surface area contributed by atoms with E-state index < -0.39 is 0 Å². The molecule has 2 heterocycles. The molecule has 1 aliphatic rings. The first-order valence-electron chi connectivity index (χ1n) is 9.86. The number of anilines is 1. The van der Waals surface area contributed by atoms with E-state index in [9.17, 15) is 4.79 Å². The minimum absolute atomic E-state index is 0.00648. The Morgan fingerprint density at radius 1 is 1.23 bits per heavy atom. The number of carbonyl (C=O) groups excluding carboxylic acids is 1. The summed E-state index contributed by atoms with van der Waals surface area (Å²) in [5.41, 5.74) is 2.55. The lowest BCUT2D eigenvalue weighted by molar-refractivity contribution is -0.121. The molecule has 1 N–H and O–H groups in total. The van der Waals surface area contributed by atoms with Crippen molar-refractivity contribution in [1.29, 1.82) is 0 Å². The van der Waals surface area contributed by atoms with Crippen LogP contribution >= 0.6 is 23.2 Å². The van der Waals surface area contributed by atoms with Crippen molar-refractivity contribution in [2.24, 2.45) is 5.92 Å². The van der Waals surface area contributed by atoms with E-state index in [0.29, 0.717) is 34.8 Å². The molecule has 3 aromatic rings. The Balaban J connectivity index is 1.36. The summed E-state index contributed by atoms with van der Waals surface area (Å²) in [6.07, 6.45) is 1.78. The second-order valence-corrected chi connectivity index (χ2v) is 8.39. The highest BCUT2D eigenvalue weighted by Crippen LogP contribution is 2.24. The molecule has 1 amide bonds. The van der Waals surface area contributed by atoms with Crippen molar-refractivity contribution in [3.05, 3.63) is 64.0 Å². The molecule has 0 bridgehead atoms. The average molecular weight is 445 g/mol. The van der Waals surface area contributed by atoms with Crippen LogP contribution in [0.1, 0.15) is 24.3 Å². The van der Waals surface area contributed by atoms with Crippen LogP contribution in [0.5, 0.6) is 0 Å². The molecule has 6 nitrogen and oxygen atoms in total. The molecule has 1 aliphatic heterocycles. The van der Waals surface area contributed by atoms with Gasteiger partial charge in [0.2, 0.25) is 17.6 Å². The molecule has 30 heavy (non-hydrogen) atoms. The number of halogens is 2. The quantitative estimate of drug-likeness (QED) is 0.585. The highest BCUT2D eigenvalue weighted by atomic mass is 35.5. The van der Waals surface area contributed by atoms with E-state index in [0.717, 1.165) is 36.2 Å². The van der Waals surface area contributed by atoms with Crippen LogP contribution in [0.2, 0.25) is 10.0 Å². The van der Waals surface area contributed by atoms with Gasteiger partial charge in [0.05, 0.1) is 12.5 Å². The topological polar surface area (TPSA) is 71.3 Å². The summed E-state index contributed by atoms with van der Waals surface area (Å²) in [7, 11) is 0. The van der Waals surface area contributed by atoms with Gasteiger partial charge < -0.3 is 9.84 Å². The van der Waals surface area contributed by atoms with Gasteiger partial charge in [0, 0.05) is 27.8 Å². The lowest BCUT2D eigenvalue weighted by Gasteiger charge is -2.30. The SMILES string of the molecule is Cc1ccc(NC(=O)C2CCCN(Cc3nc(-c4ccc(Cl)cc4)no3)C2)cc1Cl. The fourth-order valence-corrected chi connectivity index (χ4v) is 3.86. The third kappa shape index (κ3) is 5.01. The van der Waals surface area contributed by atoms with Crippen LogP contribution in [-0.2, 0) is 11.3 Å². The van der Waals surface area contributed by atoms with Crippen LogP contribution < -0.4 is 5.32 Å². The monoisotopic (exact) mass is 444 g/mol. The van der Waals surface area contributed by atoms with Crippen molar-refractivity contribution in [1.82, 2.24) is 15.0 Å². The molecule has 0 spiro atoms. The summed E-state index contributed by atoms with van der Waals surface area (Å²) in [6.45, 7) is 3.98. The van der Waals surface area contributed by atoms with Gasteiger partial charge >= 0.3 is 0 Å². The second-order valence-electron chi connectivity index (χ2n) is 7.55. The maximum atomic E-state index is 12.7. The van der Waals surface area contributed by atoms with Crippen LogP contribution in [0, 0.1) is 12.8 Å². The Hall–Kier alpha value is -2.41. The lowest BCUT2D eigenvalue weighted by Crippen LogP contribution is -2.40. The highest BCUT2D eigenvalue weighted by molar-refractivity contribution is 6.31. The largest absolute Gasteiger partial charge is 0.338 e. The van der Waals surface area contributed by atoms with Gasteiger partial charge in [-0.15, -0.1) is 0 Å². The number of nitrogens with one attached hydrogen (secondary N) is 1. The summed E-state index contributed by atoms with van der Waals surface area (Å²) in [5, 5.41) is 8.35. The number of aryl methyl sites for hydroxylation is 1. The minimum Gasteiger partial charge on any atom is -0.338 e. The third-order valence-electron chi connectivity index (χ3n) is 5.25. The smallest absolute Gasteiger partial charge is 0.241 e. The number of rotatable bonds is 5. The van der Waals surface area contributed by atoms with Crippen LogP contribution in [0.15, 0.2) is 47.0 Å². The molecule has 2 aromatic carbocycles. The van der Waals surface area contributed by atoms with Gasteiger partial charge in [0.25, 0.3) is 0 Å². The molecule has 156 valence electrons. The molecule has 0 radical (unpaired) electrons. The summed E-state index contributed by atoms with van der Waals surface area (Å²) in [4.78, 5) is 19.4. The van der Waals surface area contributed by atoms with Gasteiger partial charge in [0.15, 0.2) is 0 Å². The lowest BCUT2D eigenvalue weighted by atomic mass is 9.97. The molecule has 4 rings (SSSR count). The van der Waals surface area contributed by atoms with E-state index in [1.165, 1.54) is 0 Å². The third-order valence-corrected chi connectivity index (χ3v) is 5.90. The first kappa shape index (κ1) is 20.8. The van der Waals surface area contributed by atoms with Crippen LogP contribution in [0.3, 0.4) is 0 Å². The van der Waals surface area contributed by atoms with Crippen molar-refractivity contribution in [3.8, 4) is 11.4 Å². The van der Waals surface area contributed by atoms with Crippen LogP contribution in [0.4, 0.5) is 5.69 Å². The molecule has 0 aliphatic carbocycles. The van der Waals surface area contributed by atoms with Gasteiger partial charge in [-0.05, 0) is 68.3 Å².